The SMILES string of the molecule is CCC(C)(C)NC(=O)COCC1CCNCC1. The minimum atomic E-state index is -0.130. The van der Waals surface area contributed by atoms with Crippen molar-refractivity contribution in [1.29, 1.82) is 0 Å². The Labute approximate surface area is 104 Å². The molecule has 0 aromatic rings. The van der Waals surface area contributed by atoms with Crippen LogP contribution in [0.15, 0.2) is 0 Å². The van der Waals surface area contributed by atoms with E-state index in [4.69, 9.17) is 4.74 Å². The van der Waals surface area contributed by atoms with E-state index in [-0.39, 0.29) is 18.1 Å². The van der Waals surface area contributed by atoms with Gasteiger partial charge < -0.3 is 15.4 Å². The lowest BCUT2D eigenvalue weighted by Crippen LogP contribution is -2.44. The Morgan fingerprint density at radius 1 is 1.41 bits per heavy atom. The van der Waals surface area contributed by atoms with Crippen LogP contribution in [0.2, 0.25) is 0 Å². The predicted octanol–water partition coefficient (Wildman–Crippen LogP) is 1.31. The topological polar surface area (TPSA) is 50.4 Å². The quantitative estimate of drug-likeness (QED) is 0.738. The Morgan fingerprint density at radius 2 is 2.06 bits per heavy atom. The van der Waals surface area contributed by atoms with Crippen LogP contribution in [0.4, 0.5) is 0 Å². The highest BCUT2D eigenvalue weighted by molar-refractivity contribution is 5.77. The Hall–Kier alpha value is -0.610. The van der Waals surface area contributed by atoms with Crippen LogP contribution in [0, 0.1) is 5.92 Å². The van der Waals surface area contributed by atoms with Crippen molar-refractivity contribution in [3.63, 3.8) is 0 Å². The van der Waals surface area contributed by atoms with Gasteiger partial charge >= 0.3 is 0 Å². The number of hydrogen-bond acceptors (Lipinski definition) is 3. The monoisotopic (exact) mass is 242 g/mol. The number of piperidine rings is 1. The Balaban J connectivity index is 2.11. The zero-order valence-corrected chi connectivity index (χ0v) is 11.3. The lowest BCUT2D eigenvalue weighted by molar-refractivity contribution is -0.127. The summed E-state index contributed by atoms with van der Waals surface area (Å²) >= 11 is 0. The van der Waals surface area contributed by atoms with E-state index < -0.39 is 0 Å². The molecule has 0 aromatic carbocycles. The fraction of sp³-hybridized carbons (Fsp3) is 0.923. The third kappa shape index (κ3) is 6.03. The summed E-state index contributed by atoms with van der Waals surface area (Å²) in [5.41, 5.74) is -0.130. The molecular formula is C13H26N2O2. The van der Waals surface area contributed by atoms with Gasteiger partial charge in [0, 0.05) is 5.54 Å². The maximum Gasteiger partial charge on any atom is 0.246 e. The standard InChI is InChI=1S/C13H26N2O2/c1-4-13(2,3)15-12(16)10-17-9-11-5-7-14-8-6-11/h11,14H,4-10H2,1-3H3,(H,15,16). The normalized spacial score (nSPS) is 18.1. The largest absolute Gasteiger partial charge is 0.371 e. The van der Waals surface area contributed by atoms with Crippen molar-refractivity contribution in [3.8, 4) is 0 Å². The number of hydrogen-bond donors (Lipinski definition) is 2. The summed E-state index contributed by atoms with van der Waals surface area (Å²) in [7, 11) is 0. The second kappa shape index (κ2) is 6.97. The van der Waals surface area contributed by atoms with E-state index in [1.54, 1.807) is 0 Å². The van der Waals surface area contributed by atoms with Crippen LogP contribution in [0.5, 0.6) is 0 Å². The minimum Gasteiger partial charge on any atom is -0.371 e. The zero-order valence-electron chi connectivity index (χ0n) is 11.3. The molecule has 100 valence electrons. The summed E-state index contributed by atoms with van der Waals surface area (Å²) in [4.78, 5) is 11.6. The molecule has 0 aliphatic carbocycles. The molecule has 0 unspecified atom stereocenters. The predicted molar refractivity (Wildman–Crippen MR) is 68.9 cm³/mol. The second-order valence-corrected chi connectivity index (χ2v) is 5.49. The zero-order chi connectivity index (χ0) is 12.7. The van der Waals surface area contributed by atoms with E-state index in [0.717, 1.165) is 32.4 Å². The van der Waals surface area contributed by atoms with Gasteiger partial charge in [-0.15, -0.1) is 0 Å². The van der Waals surface area contributed by atoms with Crippen molar-refractivity contribution < 1.29 is 9.53 Å². The Morgan fingerprint density at radius 3 is 2.65 bits per heavy atom. The van der Waals surface area contributed by atoms with Crippen LogP contribution in [-0.2, 0) is 9.53 Å². The van der Waals surface area contributed by atoms with Gasteiger partial charge in [0.25, 0.3) is 0 Å². The molecule has 0 radical (unpaired) electrons. The number of rotatable bonds is 6. The number of amides is 1. The van der Waals surface area contributed by atoms with Gasteiger partial charge in [-0.05, 0) is 52.1 Å². The Kier molecular flexibility index (Phi) is 5.92. The fourth-order valence-corrected chi connectivity index (χ4v) is 1.87. The molecule has 0 bridgehead atoms. The van der Waals surface area contributed by atoms with Crippen LogP contribution in [-0.4, -0.2) is 37.7 Å². The smallest absolute Gasteiger partial charge is 0.246 e. The van der Waals surface area contributed by atoms with E-state index >= 15 is 0 Å². The number of nitrogens with one attached hydrogen (secondary N) is 2. The molecule has 1 fully saturated rings. The van der Waals surface area contributed by atoms with Crippen molar-refractivity contribution in [1.82, 2.24) is 10.6 Å². The average molecular weight is 242 g/mol. The molecule has 1 saturated heterocycles. The lowest BCUT2D eigenvalue weighted by Gasteiger charge is -2.25. The van der Waals surface area contributed by atoms with E-state index in [1.165, 1.54) is 0 Å². The highest BCUT2D eigenvalue weighted by Crippen LogP contribution is 2.11. The third-order valence-corrected chi connectivity index (χ3v) is 3.41. The third-order valence-electron chi connectivity index (χ3n) is 3.41. The molecule has 2 N–H and O–H groups in total. The summed E-state index contributed by atoms with van der Waals surface area (Å²) in [6, 6.07) is 0. The van der Waals surface area contributed by atoms with Crippen molar-refractivity contribution in [3.05, 3.63) is 0 Å². The number of ether oxygens (including phenoxy) is 1. The summed E-state index contributed by atoms with van der Waals surface area (Å²) in [6.45, 7) is 9.16. The molecule has 1 aliphatic rings. The molecule has 1 rings (SSSR count). The molecule has 0 aromatic heterocycles. The molecule has 1 amide bonds. The van der Waals surface area contributed by atoms with E-state index in [0.29, 0.717) is 12.5 Å². The molecule has 1 aliphatic heterocycles. The van der Waals surface area contributed by atoms with Gasteiger partial charge in [0.2, 0.25) is 5.91 Å². The molecule has 1 heterocycles. The van der Waals surface area contributed by atoms with Crippen LogP contribution in [0.25, 0.3) is 0 Å². The van der Waals surface area contributed by atoms with Gasteiger partial charge in [-0.1, -0.05) is 6.92 Å². The summed E-state index contributed by atoms with van der Waals surface area (Å²) in [5, 5.41) is 6.29. The van der Waals surface area contributed by atoms with Crippen molar-refractivity contribution in [2.24, 2.45) is 5.92 Å². The van der Waals surface area contributed by atoms with E-state index in [2.05, 4.69) is 17.6 Å². The molecule has 0 saturated carbocycles. The highest BCUT2D eigenvalue weighted by Gasteiger charge is 2.18. The first kappa shape index (κ1) is 14.5. The highest BCUT2D eigenvalue weighted by atomic mass is 16.5. The average Bonchev–Trinajstić information content (AvgIpc) is 2.30. The molecule has 4 heteroatoms. The maximum atomic E-state index is 11.6. The number of carbonyl (C=O) groups is 1. The van der Waals surface area contributed by atoms with Crippen molar-refractivity contribution in [2.75, 3.05) is 26.3 Å². The van der Waals surface area contributed by atoms with Crippen LogP contribution < -0.4 is 10.6 Å². The van der Waals surface area contributed by atoms with Gasteiger partial charge in [0.15, 0.2) is 0 Å². The first-order valence-corrected chi connectivity index (χ1v) is 6.63. The second-order valence-electron chi connectivity index (χ2n) is 5.49. The van der Waals surface area contributed by atoms with Gasteiger partial charge in [0.05, 0.1) is 6.61 Å². The van der Waals surface area contributed by atoms with Crippen LogP contribution in [0.1, 0.15) is 40.0 Å². The number of carbonyl (C=O) groups excluding carboxylic acids is 1. The summed E-state index contributed by atoms with van der Waals surface area (Å²) < 4.78 is 5.49. The van der Waals surface area contributed by atoms with Gasteiger partial charge in [-0.2, -0.15) is 0 Å². The maximum absolute atomic E-state index is 11.6. The van der Waals surface area contributed by atoms with Gasteiger partial charge in [-0.3, -0.25) is 4.79 Å². The molecule has 4 nitrogen and oxygen atoms in total. The van der Waals surface area contributed by atoms with Crippen molar-refractivity contribution >= 4 is 5.91 Å². The van der Waals surface area contributed by atoms with Crippen LogP contribution >= 0.6 is 0 Å². The molecule has 0 atom stereocenters. The fourth-order valence-electron chi connectivity index (χ4n) is 1.87. The van der Waals surface area contributed by atoms with E-state index in [1.807, 2.05) is 13.8 Å². The van der Waals surface area contributed by atoms with Gasteiger partial charge in [-0.25, -0.2) is 0 Å². The van der Waals surface area contributed by atoms with Crippen molar-refractivity contribution in [2.45, 2.75) is 45.6 Å². The van der Waals surface area contributed by atoms with E-state index in [9.17, 15) is 4.79 Å². The first-order chi connectivity index (χ1) is 8.03. The summed E-state index contributed by atoms with van der Waals surface area (Å²) in [6.07, 6.45) is 3.23. The molecule has 17 heavy (non-hydrogen) atoms. The van der Waals surface area contributed by atoms with Gasteiger partial charge in [0.1, 0.15) is 6.61 Å². The first-order valence-electron chi connectivity index (χ1n) is 6.63. The molecule has 0 spiro atoms. The van der Waals surface area contributed by atoms with Crippen LogP contribution in [0.3, 0.4) is 0 Å². The lowest BCUT2D eigenvalue weighted by atomic mass is 9.99. The molecular weight excluding hydrogens is 216 g/mol. The summed E-state index contributed by atoms with van der Waals surface area (Å²) in [5.74, 6) is 0.606. The Bertz CT molecular complexity index is 236. The minimum absolute atomic E-state index is 0.00853.